The average Bonchev–Trinajstić information content (AvgIpc) is 1.39. The van der Waals surface area contributed by atoms with Gasteiger partial charge in [0.1, 0.15) is 0 Å². The Morgan fingerprint density at radius 2 is 1.67 bits per heavy atom. The van der Waals surface area contributed by atoms with E-state index in [1.807, 2.05) is 6.92 Å². The molecule has 0 nitrogen and oxygen atoms in total. The second-order valence-electron chi connectivity index (χ2n) is 1.12. The van der Waals surface area contributed by atoms with Crippen LogP contribution in [0.3, 0.4) is 0 Å². The molecule has 0 saturated carbocycles. The molecule has 0 radical (unpaired) electrons. The molecule has 0 spiro atoms. The van der Waals surface area contributed by atoms with Gasteiger partial charge in [0.2, 0.25) is 0 Å². The molecule has 0 aliphatic heterocycles. The van der Waals surface area contributed by atoms with E-state index in [2.05, 4.69) is 20.4 Å². The molecule has 0 saturated heterocycles. The lowest BCUT2D eigenvalue weighted by molar-refractivity contribution is 1.09. The SMILES string of the molecule is C=CC.CCC.[HH]. The molecule has 0 amide bonds. The largest absolute Gasteiger partial charge is 0.103 e. The maximum absolute atomic E-state index is 3.36. The number of hydrogen-bond donors (Lipinski definition) is 0. The molecule has 0 aromatic heterocycles. The van der Waals surface area contributed by atoms with Gasteiger partial charge in [-0.25, -0.2) is 0 Å². The molecule has 0 bridgehead atoms. The van der Waals surface area contributed by atoms with E-state index in [0.29, 0.717) is 0 Å². The van der Waals surface area contributed by atoms with E-state index in [-0.39, 0.29) is 1.43 Å². The Bertz CT molecular complexity index is 18.1. The highest BCUT2D eigenvalue weighted by molar-refractivity contribution is 4.51. The Morgan fingerprint density at radius 3 is 1.67 bits per heavy atom. The minimum atomic E-state index is 0. The molecule has 0 heteroatoms. The fourth-order valence-electron chi connectivity index (χ4n) is 0. The van der Waals surface area contributed by atoms with Gasteiger partial charge < -0.3 is 0 Å². The second kappa shape index (κ2) is 21.9. The predicted octanol–water partition coefficient (Wildman–Crippen LogP) is 2.85. The third-order valence-corrected chi connectivity index (χ3v) is 0. The minimum absolute atomic E-state index is 0. The van der Waals surface area contributed by atoms with Crippen LogP contribution >= 0.6 is 0 Å². The van der Waals surface area contributed by atoms with Crippen molar-refractivity contribution in [2.45, 2.75) is 27.2 Å². The van der Waals surface area contributed by atoms with Gasteiger partial charge in [-0.2, -0.15) is 0 Å². The van der Waals surface area contributed by atoms with Crippen LogP contribution in [-0.4, -0.2) is 0 Å². The van der Waals surface area contributed by atoms with Gasteiger partial charge in [-0.05, 0) is 6.92 Å². The molecule has 0 aromatic carbocycles. The molecule has 0 fully saturated rings. The molecular weight excluding hydrogens is 72.1 g/mol. The minimum Gasteiger partial charge on any atom is -0.103 e. The summed E-state index contributed by atoms with van der Waals surface area (Å²) in [5.74, 6) is 0. The van der Waals surface area contributed by atoms with E-state index >= 15 is 0 Å². The quantitative estimate of drug-likeness (QED) is 0.399. The first-order chi connectivity index (χ1) is 2.83. The Kier molecular flexibility index (Phi) is 33.7. The van der Waals surface area contributed by atoms with E-state index in [1.54, 1.807) is 6.08 Å². The molecule has 0 atom stereocenters. The second-order valence-corrected chi connectivity index (χ2v) is 1.12. The zero-order valence-corrected chi connectivity index (χ0v) is 4.99. The summed E-state index contributed by atoms with van der Waals surface area (Å²) in [5, 5.41) is 0. The molecule has 0 rings (SSSR count). The molecule has 0 unspecified atom stereocenters. The zero-order chi connectivity index (χ0) is 5.41. The highest BCUT2D eigenvalue weighted by atomic mass is 13.4. The zero-order valence-electron chi connectivity index (χ0n) is 4.99. The van der Waals surface area contributed by atoms with Crippen LogP contribution in [0.15, 0.2) is 12.7 Å². The maximum Gasteiger partial charge on any atom is 0 e. The van der Waals surface area contributed by atoms with E-state index < -0.39 is 0 Å². The van der Waals surface area contributed by atoms with Crippen molar-refractivity contribution in [2.24, 2.45) is 0 Å². The van der Waals surface area contributed by atoms with Gasteiger partial charge in [0.05, 0.1) is 0 Å². The lowest BCUT2D eigenvalue weighted by atomic mass is 10.6. The summed E-state index contributed by atoms with van der Waals surface area (Å²) in [5.41, 5.74) is 0. The summed E-state index contributed by atoms with van der Waals surface area (Å²) in [6, 6.07) is 0. The van der Waals surface area contributed by atoms with Gasteiger partial charge >= 0.3 is 0 Å². The monoisotopic (exact) mass is 88.1 g/mol. The average molecular weight is 88.2 g/mol. The molecule has 40 valence electrons. The van der Waals surface area contributed by atoms with Crippen molar-refractivity contribution in [3.63, 3.8) is 0 Å². The van der Waals surface area contributed by atoms with E-state index in [9.17, 15) is 0 Å². The Labute approximate surface area is 42.4 Å². The van der Waals surface area contributed by atoms with Crippen LogP contribution in [0, 0.1) is 0 Å². The smallest absolute Gasteiger partial charge is 0 e. The fourth-order valence-corrected chi connectivity index (χ4v) is 0. The summed E-state index contributed by atoms with van der Waals surface area (Å²) >= 11 is 0. The molecular formula is C6H16. The van der Waals surface area contributed by atoms with Crippen molar-refractivity contribution in [3.8, 4) is 0 Å². The summed E-state index contributed by atoms with van der Waals surface area (Å²) in [6.07, 6.45) is 3.00. The fraction of sp³-hybridized carbons (Fsp3) is 0.667. The van der Waals surface area contributed by atoms with Crippen molar-refractivity contribution in [2.75, 3.05) is 0 Å². The van der Waals surface area contributed by atoms with Crippen LogP contribution in [0.2, 0.25) is 0 Å². The van der Waals surface area contributed by atoms with Crippen molar-refractivity contribution in [3.05, 3.63) is 12.7 Å². The molecule has 0 N–H and O–H groups in total. The van der Waals surface area contributed by atoms with Crippen LogP contribution < -0.4 is 0 Å². The highest BCUT2D eigenvalue weighted by Crippen LogP contribution is 1.56. The van der Waals surface area contributed by atoms with Gasteiger partial charge in [0.25, 0.3) is 0 Å². The van der Waals surface area contributed by atoms with Gasteiger partial charge in [-0.15, -0.1) is 6.58 Å². The molecule has 6 heavy (non-hydrogen) atoms. The van der Waals surface area contributed by atoms with Gasteiger partial charge in [0, 0.05) is 1.43 Å². The lowest BCUT2D eigenvalue weighted by Crippen LogP contribution is -1.27. The number of allylic oxidation sites excluding steroid dienone is 1. The number of hydrogen-bond acceptors (Lipinski definition) is 0. The van der Waals surface area contributed by atoms with Crippen LogP contribution in [0.4, 0.5) is 0 Å². The van der Waals surface area contributed by atoms with Crippen molar-refractivity contribution >= 4 is 0 Å². The first-order valence-corrected chi connectivity index (χ1v) is 2.40. The summed E-state index contributed by atoms with van der Waals surface area (Å²) in [6.45, 7) is 9.50. The van der Waals surface area contributed by atoms with Crippen molar-refractivity contribution in [1.29, 1.82) is 0 Å². The molecule has 0 heterocycles. The Balaban J connectivity index is -0.0000000400. The Morgan fingerprint density at radius 1 is 1.67 bits per heavy atom. The Hall–Kier alpha value is -0.260. The first kappa shape index (κ1) is 9.22. The van der Waals surface area contributed by atoms with E-state index in [1.165, 1.54) is 6.42 Å². The molecule has 0 aliphatic rings. The lowest BCUT2D eigenvalue weighted by Gasteiger charge is -1.48. The topological polar surface area (TPSA) is 0 Å². The summed E-state index contributed by atoms with van der Waals surface area (Å²) < 4.78 is 0. The maximum atomic E-state index is 3.36. The van der Waals surface area contributed by atoms with Crippen LogP contribution in [0.1, 0.15) is 28.6 Å². The highest BCUT2D eigenvalue weighted by Gasteiger charge is 1.35. The first-order valence-electron chi connectivity index (χ1n) is 2.40. The van der Waals surface area contributed by atoms with Crippen molar-refractivity contribution < 1.29 is 1.43 Å². The third kappa shape index (κ3) is 415. The summed E-state index contributed by atoms with van der Waals surface area (Å²) in [7, 11) is 0. The third-order valence-electron chi connectivity index (χ3n) is 0. The van der Waals surface area contributed by atoms with E-state index in [4.69, 9.17) is 0 Å². The van der Waals surface area contributed by atoms with Crippen LogP contribution in [-0.2, 0) is 0 Å². The van der Waals surface area contributed by atoms with Gasteiger partial charge in [0.15, 0.2) is 0 Å². The van der Waals surface area contributed by atoms with Gasteiger partial charge in [-0.1, -0.05) is 26.3 Å². The van der Waals surface area contributed by atoms with Crippen LogP contribution in [0.5, 0.6) is 0 Å². The van der Waals surface area contributed by atoms with Gasteiger partial charge in [-0.3, -0.25) is 0 Å². The standard InChI is InChI=1S/C3H8.C3H6.H2/c2*1-3-2;/h3H2,1-2H3;3H,1H2,2H3;1H. The normalized spacial score (nSPS) is 5.17. The predicted molar refractivity (Wildman–Crippen MR) is 33.9 cm³/mol. The molecule has 0 aromatic rings. The summed E-state index contributed by atoms with van der Waals surface area (Å²) in [4.78, 5) is 0. The van der Waals surface area contributed by atoms with Crippen LogP contribution in [0.25, 0.3) is 0 Å². The number of rotatable bonds is 0. The van der Waals surface area contributed by atoms with E-state index in [0.717, 1.165) is 0 Å². The van der Waals surface area contributed by atoms with Crippen molar-refractivity contribution in [1.82, 2.24) is 0 Å². The molecule has 0 aliphatic carbocycles.